The highest BCUT2D eigenvalue weighted by Crippen LogP contribution is 2.38. The third kappa shape index (κ3) is 3.22. The number of carbonyl (C=O) groups is 1. The van der Waals surface area contributed by atoms with Crippen molar-refractivity contribution in [3.05, 3.63) is 35.5 Å². The summed E-state index contributed by atoms with van der Waals surface area (Å²) in [4.78, 5) is 17.5. The number of rotatable bonds is 4. The van der Waals surface area contributed by atoms with Crippen LogP contribution in [0.25, 0.3) is 22.3 Å². The van der Waals surface area contributed by atoms with E-state index in [4.69, 9.17) is 4.74 Å². The fraction of sp³-hybridized carbons (Fsp3) is 0.455. The number of carbonyl (C=O) groups excluding carboxylic acids is 1. The zero-order chi connectivity index (χ0) is 20.1. The second-order valence-corrected chi connectivity index (χ2v) is 8.60. The third-order valence-corrected chi connectivity index (χ3v) is 5.94. The molecule has 2 aromatic heterocycles. The zero-order valence-electron chi connectivity index (χ0n) is 17.2. The summed E-state index contributed by atoms with van der Waals surface area (Å²) in [6, 6.07) is 8.13. The van der Waals surface area contributed by atoms with Crippen LogP contribution in [-0.2, 0) is 22.4 Å². The van der Waals surface area contributed by atoms with Gasteiger partial charge in [-0.05, 0) is 49.8 Å². The van der Waals surface area contributed by atoms with Crippen LogP contribution < -0.4 is 4.90 Å². The Balaban J connectivity index is 1.67. The van der Waals surface area contributed by atoms with Crippen LogP contribution >= 0.6 is 0 Å². The van der Waals surface area contributed by atoms with Crippen LogP contribution in [0.5, 0.6) is 0 Å². The van der Waals surface area contributed by atoms with Crippen LogP contribution in [0.3, 0.4) is 0 Å². The van der Waals surface area contributed by atoms with Crippen LogP contribution in [0.1, 0.15) is 38.4 Å². The monoisotopic (exact) mass is 380 g/mol. The largest absolute Gasteiger partial charge is 0.372 e. The molecule has 1 aliphatic rings. The van der Waals surface area contributed by atoms with Crippen molar-refractivity contribution >= 4 is 22.5 Å². The van der Waals surface area contributed by atoms with E-state index in [1.807, 2.05) is 18.2 Å². The summed E-state index contributed by atoms with van der Waals surface area (Å²) < 4.78 is 5.15. The lowest BCUT2D eigenvalue weighted by atomic mass is 9.76. The molecule has 1 amide bonds. The van der Waals surface area contributed by atoms with Crippen LogP contribution in [0.15, 0.2) is 24.3 Å². The molecular weight excluding hydrogens is 352 g/mol. The number of H-pyrrole nitrogens is 2. The highest BCUT2D eigenvalue weighted by Gasteiger charge is 2.29. The highest BCUT2D eigenvalue weighted by molar-refractivity contribution is 5.98. The number of likely N-dealkylation sites (N-methyl/N-ethyl adjacent to an activating group) is 1. The summed E-state index contributed by atoms with van der Waals surface area (Å²) in [6.45, 7) is 6.37. The van der Waals surface area contributed by atoms with Gasteiger partial charge in [-0.1, -0.05) is 19.9 Å². The van der Waals surface area contributed by atoms with E-state index in [1.54, 1.807) is 26.0 Å². The Morgan fingerprint density at radius 2 is 2.11 bits per heavy atom. The summed E-state index contributed by atoms with van der Waals surface area (Å²) in [6.07, 6.45) is 2.77. The predicted molar refractivity (Wildman–Crippen MR) is 112 cm³/mol. The van der Waals surface area contributed by atoms with Gasteiger partial charge >= 0.3 is 0 Å². The Hall–Kier alpha value is -2.60. The first-order chi connectivity index (χ1) is 13.3. The summed E-state index contributed by atoms with van der Waals surface area (Å²) in [5.74, 6) is -0.0717. The van der Waals surface area contributed by atoms with Gasteiger partial charge in [-0.2, -0.15) is 5.10 Å². The smallest absolute Gasteiger partial charge is 0.255 e. The molecule has 0 bridgehead atoms. The van der Waals surface area contributed by atoms with E-state index in [9.17, 15) is 4.79 Å². The van der Waals surface area contributed by atoms with E-state index < -0.39 is 6.10 Å². The first-order valence-electron chi connectivity index (χ1n) is 9.79. The summed E-state index contributed by atoms with van der Waals surface area (Å²) in [5.41, 5.74) is 6.76. The van der Waals surface area contributed by atoms with Gasteiger partial charge in [0, 0.05) is 42.0 Å². The standard InChI is InChI=1S/C22H28N4O2/c1-13(28-5)21(27)26(4)15-7-6-14-10-18(23-17(14)11-15)20-16-8-9-22(2,3)12-19(16)24-25-20/h6-7,10-11,13,23H,8-9,12H2,1-5H3,(H,24,25)/t13-/m0/s1. The molecule has 0 spiro atoms. The van der Waals surface area contributed by atoms with Crippen LogP contribution in [0.2, 0.25) is 0 Å². The van der Waals surface area contributed by atoms with Crippen LogP contribution in [-0.4, -0.2) is 41.3 Å². The van der Waals surface area contributed by atoms with Gasteiger partial charge in [0.05, 0.1) is 5.69 Å². The number of amides is 1. The summed E-state index contributed by atoms with van der Waals surface area (Å²) in [7, 11) is 3.32. The van der Waals surface area contributed by atoms with Gasteiger partial charge in [-0.3, -0.25) is 9.89 Å². The number of hydrogen-bond donors (Lipinski definition) is 2. The summed E-state index contributed by atoms with van der Waals surface area (Å²) >= 11 is 0. The van der Waals surface area contributed by atoms with Gasteiger partial charge < -0.3 is 14.6 Å². The van der Waals surface area contributed by atoms with E-state index in [-0.39, 0.29) is 5.91 Å². The first-order valence-corrected chi connectivity index (χ1v) is 9.79. The van der Waals surface area contributed by atoms with Crippen molar-refractivity contribution in [3.63, 3.8) is 0 Å². The van der Waals surface area contributed by atoms with Gasteiger partial charge in [0.2, 0.25) is 0 Å². The van der Waals surface area contributed by atoms with E-state index in [0.717, 1.165) is 40.8 Å². The fourth-order valence-corrected chi connectivity index (χ4v) is 4.02. The van der Waals surface area contributed by atoms with Gasteiger partial charge in [-0.15, -0.1) is 0 Å². The van der Waals surface area contributed by atoms with E-state index in [0.29, 0.717) is 5.41 Å². The van der Waals surface area contributed by atoms with Gasteiger partial charge in [-0.25, -0.2) is 0 Å². The normalized spacial score (nSPS) is 16.8. The topological polar surface area (TPSA) is 74.0 Å². The lowest BCUT2D eigenvalue weighted by Gasteiger charge is -2.28. The second-order valence-electron chi connectivity index (χ2n) is 8.60. The minimum absolute atomic E-state index is 0.0717. The Morgan fingerprint density at radius 3 is 2.86 bits per heavy atom. The van der Waals surface area contributed by atoms with E-state index in [2.05, 4.69) is 35.1 Å². The van der Waals surface area contributed by atoms with Crippen molar-refractivity contribution in [2.24, 2.45) is 5.41 Å². The molecule has 1 aliphatic carbocycles. The van der Waals surface area contributed by atoms with Crippen molar-refractivity contribution < 1.29 is 9.53 Å². The van der Waals surface area contributed by atoms with Gasteiger partial charge in [0.1, 0.15) is 11.8 Å². The van der Waals surface area contributed by atoms with Crippen molar-refractivity contribution in [3.8, 4) is 11.4 Å². The Bertz CT molecular complexity index is 1030. The molecule has 2 heterocycles. The number of methoxy groups -OCH3 is 1. The Kier molecular flexibility index (Phi) is 4.54. The number of aromatic amines is 2. The zero-order valence-corrected chi connectivity index (χ0v) is 17.2. The van der Waals surface area contributed by atoms with E-state index in [1.165, 1.54) is 17.7 Å². The molecule has 6 heteroatoms. The Morgan fingerprint density at radius 1 is 1.32 bits per heavy atom. The maximum atomic E-state index is 12.4. The fourth-order valence-electron chi connectivity index (χ4n) is 4.02. The lowest BCUT2D eigenvalue weighted by Crippen LogP contribution is -2.35. The van der Waals surface area contributed by atoms with Crippen molar-refractivity contribution in [2.75, 3.05) is 19.1 Å². The predicted octanol–water partition coefficient (Wildman–Crippen LogP) is 4.07. The SMILES string of the molecule is CO[C@@H](C)C(=O)N(C)c1ccc2cc(-c3n[nH]c4c3CCC(C)(C)C4)[nH]c2c1. The molecule has 2 N–H and O–H groups in total. The summed E-state index contributed by atoms with van der Waals surface area (Å²) in [5, 5.41) is 8.97. The van der Waals surface area contributed by atoms with Gasteiger partial charge in [0.25, 0.3) is 5.91 Å². The number of ether oxygens (including phenoxy) is 1. The maximum absolute atomic E-state index is 12.4. The molecule has 3 aromatic rings. The minimum Gasteiger partial charge on any atom is -0.372 e. The third-order valence-electron chi connectivity index (χ3n) is 5.94. The molecule has 0 fully saturated rings. The molecular formula is C22H28N4O2. The van der Waals surface area contributed by atoms with Crippen molar-refractivity contribution in [2.45, 2.75) is 46.1 Å². The molecule has 0 aliphatic heterocycles. The molecule has 1 aromatic carbocycles. The molecule has 0 radical (unpaired) electrons. The van der Waals surface area contributed by atoms with Gasteiger partial charge in [0.15, 0.2) is 0 Å². The lowest BCUT2D eigenvalue weighted by molar-refractivity contribution is -0.127. The molecule has 0 saturated carbocycles. The molecule has 28 heavy (non-hydrogen) atoms. The number of benzene rings is 1. The number of hydrogen-bond acceptors (Lipinski definition) is 3. The molecule has 6 nitrogen and oxygen atoms in total. The molecule has 0 saturated heterocycles. The molecule has 148 valence electrons. The average molecular weight is 380 g/mol. The Labute approximate surface area is 165 Å². The number of aromatic nitrogens is 3. The number of anilines is 1. The average Bonchev–Trinajstić information content (AvgIpc) is 3.27. The second kappa shape index (κ2) is 6.78. The first kappa shape index (κ1) is 18.7. The molecule has 1 atom stereocenters. The van der Waals surface area contributed by atoms with Crippen molar-refractivity contribution in [1.82, 2.24) is 15.2 Å². The quantitative estimate of drug-likeness (QED) is 0.716. The van der Waals surface area contributed by atoms with Crippen molar-refractivity contribution in [1.29, 1.82) is 0 Å². The van der Waals surface area contributed by atoms with Crippen LogP contribution in [0.4, 0.5) is 5.69 Å². The molecule has 0 unspecified atom stereocenters. The number of fused-ring (bicyclic) bond motifs is 2. The number of nitrogens with one attached hydrogen (secondary N) is 2. The minimum atomic E-state index is -0.472. The highest BCUT2D eigenvalue weighted by atomic mass is 16.5. The number of nitrogens with zero attached hydrogens (tertiary/aromatic N) is 2. The van der Waals surface area contributed by atoms with Crippen LogP contribution in [0, 0.1) is 5.41 Å². The molecule has 4 rings (SSSR count). The van der Waals surface area contributed by atoms with E-state index >= 15 is 0 Å². The maximum Gasteiger partial charge on any atom is 0.255 e.